The average molecular weight is 233 g/mol. The van der Waals surface area contributed by atoms with Crippen molar-refractivity contribution in [2.24, 2.45) is 0 Å². The Kier molecular flexibility index (Phi) is 3.43. The summed E-state index contributed by atoms with van der Waals surface area (Å²) < 4.78 is 0. The number of rotatable bonds is 1. The van der Waals surface area contributed by atoms with Crippen LogP contribution in [-0.2, 0) is 0 Å². The van der Waals surface area contributed by atoms with Crippen LogP contribution < -0.4 is 5.32 Å². The lowest BCUT2D eigenvalue weighted by molar-refractivity contribution is 0.0733. The quantitative estimate of drug-likeness (QED) is 0.795. The monoisotopic (exact) mass is 233 g/mol. The van der Waals surface area contributed by atoms with Gasteiger partial charge in [-0.15, -0.1) is 0 Å². The van der Waals surface area contributed by atoms with Crippen LogP contribution in [0.2, 0.25) is 0 Å². The highest BCUT2D eigenvalue weighted by molar-refractivity contribution is 5.94. The molecule has 1 N–H and O–H groups in total. The summed E-state index contributed by atoms with van der Waals surface area (Å²) in [6, 6.07) is 3.54. The summed E-state index contributed by atoms with van der Waals surface area (Å²) in [5.41, 5.74) is 0.705. The molecule has 4 heteroatoms. The van der Waals surface area contributed by atoms with E-state index in [1.807, 2.05) is 4.90 Å². The summed E-state index contributed by atoms with van der Waals surface area (Å²) in [5.74, 6) is 0.101. The molecule has 0 unspecified atom stereocenters. The van der Waals surface area contributed by atoms with E-state index in [0.717, 1.165) is 31.6 Å². The van der Waals surface area contributed by atoms with Gasteiger partial charge in [0.15, 0.2) is 0 Å². The second-order valence-corrected chi connectivity index (χ2v) is 5.13. The molecule has 1 aromatic rings. The molecule has 0 atom stereocenters. The summed E-state index contributed by atoms with van der Waals surface area (Å²) in [7, 11) is 0. The molecule has 0 aliphatic carbocycles. The predicted octanol–water partition coefficient (Wildman–Crippen LogP) is 1.30. The van der Waals surface area contributed by atoms with Crippen LogP contribution in [0.3, 0.4) is 0 Å². The van der Waals surface area contributed by atoms with Crippen LogP contribution in [0.15, 0.2) is 24.5 Å². The van der Waals surface area contributed by atoms with Crippen molar-refractivity contribution >= 4 is 5.91 Å². The molecule has 0 aromatic carbocycles. The van der Waals surface area contributed by atoms with Gasteiger partial charge in [-0.1, -0.05) is 0 Å². The van der Waals surface area contributed by atoms with E-state index < -0.39 is 0 Å². The highest BCUT2D eigenvalue weighted by atomic mass is 16.2. The summed E-state index contributed by atoms with van der Waals surface area (Å²) >= 11 is 0. The largest absolute Gasteiger partial charge is 0.337 e. The maximum atomic E-state index is 12.3. The molecule has 17 heavy (non-hydrogen) atoms. The van der Waals surface area contributed by atoms with Crippen molar-refractivity contribution in [3.05, 3.63) is 30.1 Å². The van der Waals surface area contributed by atoms with Gasteiger partial charge in [-0.05, 0) is 38.9 Å². The molecule has 0 saturated carbocycles. The molecular weight excluding hydrogens is 214 g/mol. The molecule has 1 aromatic heterocycles. The summed E-state index contributed by atoms with van der Waals surface area (Å²) in [5, 5.41) is 3.45. The fraction of sp³-hybridized carbons (Fsp3) is 0.538. The molecule has 4 nitrogen and oxygen atoms in total. The molecule has 0 spiro atoms. The van der Waals surface area contributed by atoms with E-state index in [0.29, 0.717) is 0 Å². The van der Waals surface area contributed by atoms with Gasteiger partial charge < -0.3 is 10.2 Å². The number of hydrogen-bond donors (Lipinski definition) is 1. The van der Waals surface area contributed by atoms with Gasteiger partial charge >= 0.3 is 0 Å². The number of aromatic nitrogens is 1. The van der Waals surface area contributed by atoms with E-state index in [4.69, 9.17) is 0 Å². The van der Waals surface area contributed by atoms with Crippen molar-refractivity contribution in [3.8, 4) is 0 Å². The van der Waals surface area contributed by atoms with E-state index in [2.05, 4.69) is 24.1 Å². The zero-order valence-electron chi connectivity index (χ0n) is 10.4. The second kappa shape index (κ2) is 4.84. The molecule has 2 heterocycles. The third kappa shape index (κ3) is 3.03. The Bertz CT molecular complexity index is 389. The fourth-order valence-electron chi connectivity index (χ4n) is 2.16. The third-order valence-electron chi connectivity index (χ3n) is 3.01. The van der Waals surface area contributed by atoms with E-state index in [9.17, 15) is 4.79 Å². The van der Waals surface area contributed by atoms with Gasteiger partial charge in [-0.3, -0.25) is 9.78 Å². The summed E-state index contributed by atoms with van der Waals surface area (Å²) in [6.45, 7) is 6.79. The van der Waals surface area contributed by atoms with Gasteiger partial charge in [-0.25, -0.2) is 0 Å². The number of nitrogens with one attached hydrogen (secondary N) is 1. The second-order valence-electron chi connectivity index (χ2n) is 5.13. The number of carbonyl (C=O) groups excluding carboxylic acids is 1. The number of nitrogens with zero attached hydrogens (tertiary/aromatic N) is 2. The molecule has 0 bridgehead atoms. The van der Waals surface area contributed by atoms with Crippen molar-refractivity contribution in [2.45, 2.75) is 25.8 Å². The van der Waals surface area contributed by atoms with Crippen LogP contribution in [0.1, 0.15) is 30.6 Å². The first-order chi connectivity index (χ1) is 8.08. The highest BCUT2D eigenvalue weighted by Gasteiger charge is 2.27. The normalized spacial score (nSPS) is 19.8. The average Bonchev–Trinajstić information content (AvgIpc) is 2.50. The summed E-state index contributed by atoms with van der Waals surface area (Å²) in [4.78, 5) is 18.2. The molecular formula is C13H19N3O. The lowest BCUT2D eigenvalue weighted by Crippen LogP contribution is -2.47. The first-order valence-corrected chi connectivity index (χ1v) is 6.03. The number of hydrogen-bond acceptors (Lipinski definition) is 3. The maximum Gasteiger partial charge on any atom is 0.254 e. The van der Waals surface area contributed by atoms with Gasteiger partial charge in [0.1, 0.15) is 0 Å². The van der Waals surface area contributed by atoms with Crippen LogP contribution in [0.5, 0.6) is 0 Å². The molecule has 1 amide bonds. The minimum atomic E-state index is -0.0147. The standard InChI is InChI=1S/C13H19N3O/c1-13(2)10-16(9-3-6-15-13)12(17)11-4-7-14-8-5-11/h4-5,7-8,15H,3,6,9-10H2,1-2H3. The van der Waals surface area contributed by atoms with Crippen LogP contribution in [0.25, 0.3) is 0 Å². The molecule has 1 aliphatic heterocycles. The van der Waals surface area contributed by atoms with Crippen LogP contribution in [-0.4, -0.2) is 41.0 Å². The van der Waals surface area contributed by atoms with Gasteiger partial charge in [0, 0.05) is 36.6 Å². The topological polar surface area (TPSA) is 45.2 Å². The van der Waals surface area contributed by atoms with E-state index >= 15 is 0 Å². The maximum absolute atomic E-state index is 12.3. The number of carbonyl (C=O) groups is 1. The first-order valence-electron chi connectivity index (χ1n) is 6.03. The van der Waals surface area contributed by atoms with Crippen molar-refractivity contribution in [1.82, 2.24) is 15.2 Å². The van der Waals surface area contributed by atoms with E-state index in [-0.39, 0.29) is 11.4 Å². The Hall–Kier alpha value is -1.42. The van der Waals surface area contributed by atoms with Crippen molar-refractivity contribution in [1.29, 1.82) is 0 Å². The van der Waals surface area contributed by atoms with Crippen molar-refractivity contribution < 1.29 is 4.79 Å². The lowest BCUT2D eigenvalue weighted by atomic mass is 10.1. The molecule has 2 rings (SSSR count). The first kappa shape index (κ1) is 12.0. The SMILES string of the molecule is CC1(C)CN(C(=O)c2ccncc2)CCCN1. The van der Waals surface area contributed by atoms with Crippen LogP contribution in [0, 0.1) is 0 Å². The fourth-order valence-corrected chi connectivity index (χ4v) is 2.16. The Morgan fingerprint density at radius 1 is 1.41 bits per heavy atom. The lowest BCUT2D eigenvalue weighted by Gasteiger charge is -2.30. The third-order valence-corrected chi connectivity index (χ3v) is 3.01. The van der Waals surface area contributed by atoms with E-state index in [1.165, 1.54) is 0 Å². The summed E-state index contributed by atoms with van der Waals surface area (Å²) in [6.07, 6.45) is 4.32. The Morgan fingerprint density at radius 3 is 2.82 bits per heavy atom. The number of amides is 1. The van der Waals surface area contributed by atoms with Gasteiger partial charge in [-0.2, -0.15) is 0 Å². The Labute approximate surface area is 102 Å². The molecule has 92 valence electrons. The zero-order valence-corrected chi connectivity index (χ0v) is 10.4. The van der Waals surface area contributed by atoms with Crippen molar-refractivity contribution in [3.63, 3.8) is 0 Å². The van der Waals surface area contributed by atoms with Gasteiger partial charge in [0.05, 0.1) is 0 Å². The van der Waals surface area contributed by atoms with Crippen LogP contribution >= 0.6 is 0 Å². The minimum Gasteiger partial charge on any atom is -0.337 e. The smallest absolute Gasteiger partial charge is 0.254 e. The molecule has 1 fully saturated rings. The number of pyridine rings is 1. The van der Waals surface area contributed by atoms with Crippen LogP contribution in [0.4, 0.5) is 0 Å². The molecule has 1 aliphatic rings. The van der Waals surface area contributed by atoms with E-state index in [1.54, 1.807) is 24.5 Å². The minimum absolute atomic E-state index is 0.0147. The van der Waals surface area contributed by atoms with Gasteiger partial charge in [0.2, 0.25) is 0 Å². The Balaban J connectivity index is 2.13. The molecule has 0 radical (unpaired) electrons. The molecule has 1 saturated heterocycles. The van der Waals surface area contributed by atoms with Gasteiger partial charge in [0.25, 0.3) is 5.91 Å². The predicted molar refractivity (Wildman–Crippen MR) is 66.8 cm³/mol. The van der Waals surface area contributed by atoms with Crippen molar-refractivity contribution in [2.75, 3.05) is 19.6 Å². The highest BCUT2D eigenvalue weighted by Crippen LogP contribution is 2.13. The Morgan fingerprint density at radius 2 is 2.12 bits per heavy atom. The zero-order chi connectivity index (χ0) is 12.3.